The van der Waals surface area contributed by atoms with Crippen molar-refractivity contribution in [1.82, 2.24) is 14.3 Å². The number of carbonyl (C=O) groups excluding carboxylic acids is 1. The second kappa shape index (κ2) is 13.3. The molecule has 0 spiro atoms. The van der Waals surface area contributed by atoms with E-state index < -0.39 is 21.9 Å². The lowest BCUT2D eigenvalue weighted by molar-refractivity contribution is -0.122. The molecule has 0 N–H and O–H groups in total. The zero-order valence-electron chi connectivity index (χ0n) is 26.0. The predicted molar refractivity (Wildman–Crippen MR) is 174 cm³/mol. The maximum atomic E-state index is 14.4. The van der Waals surface area contributed by atoms with Gasteiger partial charge in [-0.05, 0) is 87.7 Å². The number of benzene rings is 3. The Kier molecular flexibility index (Phi) is 9.15. The first kappa shape index (κ1) is 31.7. The highest BCUT2D eigenvalue weighted by Gasteiger charge is 2.39. The van der Waals surface area contributed by atoms with Crippen LogP contribution in [0.1, 0.15) is 36.1 Å². The molecule has 1 aromatic heterocycles. The van der Waals surface area contributed by atoms with Gasteiger partial charge in [0.2, 0.25) is 16.0 Å². The van der Waals surface area contributed by atoms with Crippen LogP contribution < -0.4 is 9.80 Å². The van der Waals surface area contributed by atoms with Gasteiger partial charge < -0.3 is 9.80 Å². The van der Waals surface area contributed by atoms with Crippen molar-refractivity contribution in [2.24, 2.45) is 0 Å². The summed E-state index contributed by atoms with van der Waals surface area (Å²) in [6.07, 6.45) is 1.45. The first-order valence-electron chi connectivity index (χ1n) is 15.6. The Labute approximate surface area is 268 Å². The number of aryl methyl sites for hydroxylation is 3. The Morgan fingerprint density at radius 2 is 1.52 bits per heavy atom. The number of carbonyl (C=O) groups is 1. The van der Waals surface area contributed by atoms with E-state index in [1.165, 1.54) is 22.5 Å². The van der Waals surface area contributed by atoms with Crippen LogP contribution in [0.15, 0.2) is 77.7 Å². The molecule has 46 heavy (non-hydrogen) atoms. The Bertz CT molecular complexity index is 1820. The molecule has 8 nitrogen and oxygen atoms in total. The van der Waals surface area contributed by atoms with Crippen molar-refractivity contribution in [3.05, 3.63) is 101 Å². The number of rotatable bonds is 9. The minimum atomic E-state index is -3.95. The quantitative estimate of drug-likeness (QED) is 0.230. The number of aromatic nitrogens is 2. The lowest BCUT2D eigenvalue weighted by atomic mass is 10.0. The van der Waals surface area contributed by atoms with Gasteiger partial charge in [-0.2, -0.15) is 4.31 Å². The average Bonchev–Trinajstić information content (AvgIpc) is 3.55. The van der Waals surface area contributed by atoms with Gasteiger partial charge in [0.15, 0.2) is 5.78 Å². The summed E-state index contributed by atoms with van der Waals surface area (Å²) >= 11 is 0. The standard InChI is InChI=1S/C35H37F2N5O3S/c1-24-20-25(2)22-26(21-24)31-23-28(38-35(39-31)41-18-16-40(17-19-41)32-7-4-3-6-30(32)37)11-14-34(43)33-8-5-15-42(33)46(44,45)29-12-9-27(36)10-13-29/h3-4,6-7,9-10,12-13,20-23,33H,5,8,11,14-19H2,1-2H3/t33-/m0/s1. The summed E-state index contributed by atoms with van der Waals surface area (Å²) in [5, 5.41) is 0. The molecule has 0 bridgehead atoms. The lowest BCUT2D eigenvalue weighted by Crippen LogP contribution is -2.47. The van der Waals surface area contributed by atoms with Gasteiger partial charge in [0.05, 0.1) is 22.3 Å². The summed E-state index contributed by atoms with van der Waals surface area (Å²) in [6.45, 7) is 6.71. The molecule has 240 valence electrons. The number of nitrogens with zero attached hydrogens (tertiary/aromatic N) is 5. The van der Waals surface area contributed by atoms with Gasteiger partial charge in [0.1, 0.15) is 11.6 Å². The van der Waals surface area contributed by atoms with Gasteiger partial charge >= 0.3 is 0 Å². The van der Waals surface area contributed by atoms with E-state index in [9.17, 15) is 22.0 Å². The van der Waals surface area contributed by atoms with Gasteiger partial charge in [0, 0.05) is 50.4 Å². The van der Waals surface area contributed by atoms with E-state index in [1.807, 2.05) is 30.9 Å². The van der Waals surface area contributed by atoms with Crippen LogP contribution in [0.4, 0.5) is 20.4 Å². The van der Waals surface area contributed by atoms with Crippen LogP contribution in [0.2, 0.25) is 0 Å². The summed E-state index contributed by atoms with van der Waals surface area (Å²) in [6, 6.07) is 18.8. The molecule has 4 aromatic rings. The Morgan fingerprint density at radius 3 is 2.22 bits per heavy atom. The summed E-state index contributed by atoms with van der Waals surface area (Å²) < 4.78 is 55.8. The monoisotopic (exact) mass is 645 g/mol. The van der Waals surface area contributed by atoms with Crippen molar-refractivity contribution in [3.8, 4) is 11.3 Å². The second-order valence-corrected chi connectivity index (χ2v) is 13.9. The smallest absolute Gasteiger partial charge is 0.243 e. The van der Waals surface area contributed by atoms with E-state index in [4.69, 9.17) is 9.97 Å². The number of para-hydroxylation sites is 1. The topological polar surface area (TPSA) is 86.7 Å². The summed E-state index contributed by atoms with van der Waals surface area (Å²) in [7, 11) is -3.95. The number of hydrogen-bond acceptors (Lipinski definition) is 7. The van der Waals surface area contributed by atoms with Crippen LogP contribution in [0.3, 0.4) is 0 Å². The first-order valence-corrected chi connectivity index (χ1v) is 17.0. The average molecular weight is 646 g/mol. The molecule has 0 radical (unpaired) electrons. The Hall–Kier alpha value is -4.22. The van der Waals surface area contributed by atoms with E-state index >= 15 is 0 Å². The van der Waals surface area contributed by atoms with Crippen LogP contribution in [-0.4, -0.2) is 67.2 Å². The van der Waals surface area contributed by atoms with Crippen LogP contribution in [0, 0.1) is 25.5 Å². The molecule has 2 aliphatic rings. The molecule has 2 fully saturated rings. The molecule has 6 rings (SSSR count). The molecule has 2 aliphatic heterocycles. The molecular formula is C35H37F2N5O3S. The largest absolute Gasteiger partial charge is 0.366 e. The number of piperazine rings is 1. The van der Waals surface area contributed by atoms with Crippen LogP contribution in [0.5, 0.6) is 0 Å². The third-order valence-corrected chi connectivity index (χ3v) is 10.6. The fourth-order valence-electron chi connectivity index (χ4n) is 6.39. The Balaban J connectivity index is 1.22. The SMILES string of the molecule is Cc1cc(C)cc(-c2cc(CCC(=O)[C@@H]3CCCN3S(=O)(=O)c3ccc(F)cc3)nc(N3CCN(c4ccccc4F)CC3)n2)c1. The summed E-state index contributed by atoms with van der Waals surface area (Å²) in [4.78, 5) is 27.4. The lowest BCUT2D eigenvalue weighted by Gasteiger charge is -2.36. The summed E-state index contributed by atoms with van der Waals surface area (Å²) in [5.41, 5.74) is 5.18. The van der Waals surface area contributed by atoms with Gasteiger partial charge in [-0.1, -0.05) is 29.3 Å². The molecule has 11 heteroatoms. The van der Waals surface area contributed by atoms with E-state index in [0.29, 0.717) is 62.8 Å². The minimum absolute atomic E-state index is 0.0257. The molecule has 2 saturated heterocycles. The van der Waals surface area contributed by atoms with E-state index in [1.54, 1.807) is 12.1 Å². The number of ketones is 1. The van der Waals surface area contributed by atoms with Gasteiger partial charge in [-0.25, -0.2) is 27.2 Å². The summed E-state index contributed by atoms with van der Waals surface area (Å²) in [5.74, 6) is -0.393. The normalized spacial score (nSPS) is 17.4. The van der Waals surface area contributed by atoms with Crippen molar-refractivity contribution in [3.63, 3.8) is 0 Å². The molecule has 0 amide bonds. The zero-order valence-corrected chi connectivity index (χ0v) is 26.8. The maximum Gasteiger partial charge on any atom is 0.243 e. The third-order valence-electron chi connectivity index (χ3n) is 8.66. The fraction of sp³-hybridized carbons (Fsp3) is 0.343. The number of sulfonamides is 1. The third kappa shape index (κ3) is 6.80. The minimum Gasteiger partial charge on any atom is -0.366 e. The highest BCUT2D eigenvalue weighted by molar-refractivity contribution is 7.89. The fourth-order valence-corrected chi connectivity index (χ4v) is 8.07. The van der Waals surface area contributed by atoms with Gasteiger partial charge in [-0.3, -0.25) is 4.79 Å². The second-order valence-electron chi connectivity index (χ2n) is 12.0. The van der Waals surface area contributed by atoms with Crippen molar-refractivity contribution in [2.75, 3.05) is 42.5 Å². The highest BCUT2D eigenvalue weighted by atomic mass is 32.2. The molecule has 3 heterocycles. The number of Topliss-reactive ketones (excluding diaryl/α,β-unsaturated/α-hetero) is 1. The maximum absolute atomic E-state index is 14.4. The molecule has 0 saturated carbocycles. The zero-order chi connectivity index (χ0) is 32.4. The van der Waals surface area contributed by atoms with Crippen molar-refractivity contribution in [2.45, 2.75) is 50.5 Å². The van der Waals surface area contributed by atoms with Crippen LogP contribution >= 0.6 is 0 Å². The number of halogens is 2. The molecular weight excluding hydrogens is 608 g/mol. The van der Waals surface area contributed by atoms with E-state index in [2.05, 4.69) is 23.1 Å². The van der Waals surface area contributed by atoms with E-state index in [-0.39, 0.29) is 29.5 Å². The molecule has 0 aliphatic carbocycles. The van der Waals surface area contributed by atoms with Crippen LogP contribution in [-0.2, 0) is 21.2 Å². The molecule has 3 aromatic carbocycles. The van der Waals surface area contributed by atoms with Crippen LogP contribution in [0.25, 0.3) is 11.3 Å². The van der Waals surface area contributed by atoms with Crippen molar-refractivity contribution >= 4 is 27.4 Å². The highest BCUT2D eigenvalue weighted by Crippen LogP contribution is 2.29. The number of hydrogen-bond donors (Lipinski definition) is 0. The van der Waals surface area contributed by atoms with E-state index in [0.717, 1.165) is 34.5 Å². The van der Waals surface area contributed by atoms with Gasteiger partial charge in [0.25, 0.3) is 0 Å². The van der Waals surface area contributed by atoms with Crippen molar-refractivity contribution < 1.29 is 22.0 Å². The molecule has 1 atom stereocenters. The first-order chi connectivity index (χ1) is 22.1. The number of anilines is 2. The predicted octanol–water partition coefficient (Wildman–Crippen LogP) is 5.72. The van der Waals surface area contributed by atoms with Gasteiger partial charge in [-0.15, -0.1) is 0 Å². The van der Waals surface area contributed by atoms with Crippen molar-refractivity contribution in [1.29, 1.82) is 0 Å². The molecule has 0 unspecified atom stereocenters. The Morgan fingerprint density at radius 1 is 0.848 bits per heavy atom.